The molecule has 0 spiro atoms. The summed E-state index contributed by atoms with van der Waals surface area (Å²) in [5.74, 6) is -1.29. The maximum absolute atomic E-state index is 12.1. The lowest BCUT2D eigenvalue weighted by Gasteiger charge is -2.17. The van der Waals surface area contributed by atoms with Gasteiger partial charge >= 0.3 is 5.97 Å². The highest BCUT2D eigenvalue weighted by atomic mass is 16.6. The number of esters is 1. The lowest BCUT2D eigenvalue weighted by Crippen LogP contribution is -2.30. The van der Waals surface area contributed by atoms with Crippen molar-refractivity contribution >= 4 is 23.3 Å². The van der Waals surface area contributed by atoms with Crippen LogP contribution in [-0.4, -0.2) is 35.4 Å². The van der Waals surface area contributed by atoms with Gasteiger partial charge in [0.05, 0.1) is 10.5 Å². The molecule has 0 bridgehead atoms. The number of aryl methyl sites for hydroxylation is 1. The number of likely N-dealkylation sites (N-methyl/N-ethyl adjacent to an activating group) is 1. The maximum Gasteiger partial charge on any atom is 0.341 e. The molecule has 0 saturated heterocycles. The van der Waals surface area contributed by atoms with Crippen LogP contribution in [0.15, 0.2) is 42.5 Å². The molecule has 0 atom stereocenters. The smallest absolute Gasteiger partial charge is 0.341 e. The number of ether oxygens (including phenoxy) is 1. The number of carbonyl (C=O) groups excluding carboxylic acids is 2. The Labute approximate surface area is 150 Å². The molecule has 0 saturated carbocycles. The number of carbonyl (C=O) groups is 2. The summed E-state index contributed by atoms with van der Waals surface area (Å²) in [5.41, 5.74) is 7.33. The van der Waals surface area contributed by atoms with Crippen molar-refractivity contribution in [3.8, 4) is 0 Å². The van der Waals surface area contributed by atoms with Crippen LogP contribution < -0.4 is 5.73 Å². The van der Waals surface area contributed by atoms with Crippen molar-refractivity contribution in [2.24, 2.45) is 0 Å². The number of non-ortho nitro benzene ring substituents is 1. The summed E-state index contributed by atoms with van der Waals surface area (Å²) in [7, 11) is 1.59. The third-order valence-corrected chi connectivity index (χ3v) is 3.76. The van der Waals surface area contributed by atoms with Gasteiger partial charge in [0, 0.05) is 31.4 Å². The lowest BCUT2D eigenvalue weighted by molar-refractivity contribution is -0.384. The van der Waals surface area contributed by atoms with Crippen molar-refractivity contribution < 1.29 is 19.2 Å². The quantitative estimate of drug-likeness (QED) is 0.367. The van der Waals surface area contributed by atoms with E-state index in [9.17, 15) is 19.7 Å². The first-order valence-electron chi connectivity index (χ1n) is 7.78. The highest BCUT2D eigenvalue weighted by molar-refractivity contribution is 5.96. The molecule has 0 radical (unpaired) electrons. The lowest BCUT2D eigenvalue weighted by atomic mass is 10.1. The summed E-state index contributed by atoms with van der Waals surface area (Å²) in [6, 6.07) is 11.2. The second kappa shape index (κ2) is 8.11. The van der Waals surface area contributed by atoms with Crippen molar-refractivity contribution in [1.29, 1.82) is 0 Å². The molecule has 0 aromatic heterocycles. The number of hydrogen-bond donors (Lipinski definition) is 1. The second-order valence-electron chi connectivity index (χ2n) is 5.84. The Morgan fingerprint density at radius 3 is 2.46 bits per heavy atom. The Balaban J connectivity index is 1.96. The topological polar surface area (TPSA) is 116 Å². The van der Waals surface area contributed by atoms with Gasteiger partial charge in [-0.05, 0) is 18.6 Å². The van der Waals surface area contributed by atoms with E-state index in [1.54, 1.807) is 7.05 Å². The van der Waals surface area contributed by atoms with Gasteiger partial charge in [-0.1, -0.05) is 29.8 Å². The fourth-order valence-electron chi connectivity index (χ4n) is 2.21. The fourth-order valence-corrected chi connectivity index (χ4v) is 2.21. The molecule has 0 unspecified atom stereocenters. The molecule has 2 rings (SSSR count). The molecule has 2 N–H and O–H groups in total. The van der Waals surface area contributed by atoms with Crippen LogP contribution in [0.3, 0.4) is 0 Å². The molecule has 26 heavy (non-hydrogen) atoms. The number of nitrogens with two attached hydrogens (primary N) is 1. The zero-order chi connectivity index (χ0) is 19.3. The van der Waals surface area contributed by atoms with Gasteiger partial charge in [0.15, 0.2) is 6.61 Å². The van der Waals surface area contributed by atoms with E-state index in [0.29, 0.717) is 6.54 Å². The number of nitro groups is 1. The highest BCUT2D eigenvalue weighted by Crippen LogP contribution is 2.20. The SMILES string of the molecule is Cc1ccc(CN(C)C(=O)COC(=O)c2cc([N+](=O)[O-])ccc2N)cc1. The first-order chi connectivity index (χ1) is 12.3. The Morgan fingerprint density at radius 2 is 1.85 bits per heavy atom. The Morgan fingerprint density at radius 1 is 1.19 bits per heavy atom. The minimum Gasteiger partial charge on any atom is -0.452 e. The summed E-state index contributed by atoms with van der Waals surface area (Å²) < 4.78 is 4.95. The first kappa shape index (κ1) is 18.9. The zero-order valence-corrected chi connectivity index (χ0v) is 14.5. The molecule has 0 aliphatic carbocycles. The molecule has 0 heterocycles. The van der Waals surface area contributed by atoms with Crippen molar-refractivity contribution in [1.82, 2.24) is 4.90 Å². The van der Waals surface area contributed by atoms with Gasteiger partial charge in [-0.15, -0.1) is 0 Å². The van der Waals surface area contributed by atoms with Crippen LogP contribution in [0.2, 0.25) is 0 Å². The number of nitrogens with zero attached hydrogens (tertiary/aromatic N) is 2. The summed E-state index contributed by atoms with van der Waals surface area (Å²) in [6.45, 7) is 1.86. The van der Waals surface area contributed by atoms with Crippen molar-refractivity contribution in [3.63, 3.8) is 0 Å². The predicted molar refractivity (Wildman–Crippen MR) is 95.4 cm³/mol. The predicted octanol–water partition coefficient (Wildman–Crippen LogP) is 2.30. The fraction of sp³-hybridized carbons (Fsp3) is 0.222. The van der Waals surface area contributed by atoms with E-state index < -0.39 is 23.4 Å². The molecule has 1 amide bonds. The van der Waals surface area contributed by atoms with Crippen molar-refractivity contribution in [2.75, 3.05) is 19.4 Å². The molecule has 0 aliphatic heterocycles. The van der Waals surface area contributed by atoms with E-state index in [1.807, 2.05) is 31.2 Å². The van der Waals surface area contributed by atoms with Crippen LogP contribution in [-0.2, 0) is 16.1 Å². The van der Waals surface area contributed by atoms with E-state index in [4.69, 9.17) is 10.5 Å². The minimum atomic E-state index is -0.886. The summed E-state index contributed by atoms with van der Waals surface area (Å²) >= 11 is 0. The Hall–Kier alpha value is -3.42. The molecule has 2 aromatic carbocycles. The molecule has 136 valence electrons. The number of rotatable bonds is 6. The van der Waals surface area contributed by atoms with E-state index in [0.717, 1.165) is 17.2 Å². The monoisotopic (exact) mass is 357 g/mol. The van der Waals surface area contributed by atoms with Crippen molar-refractivity contribution in [3.05, 3.63) is 69.3 Å². The summed E-state index contributed by atoms with van der Waals surface area (Å²) in [5, 5.41) is 10.8. The number of benzene rings is 2. The summed E-state index contributed by atoms with van der Waals surface area (Å²) in [4.78, 5) is 35.8. The molecular weight excluding hydrogens is 338 g/mol. The molecule has 8 heteroatoms. The molecule has 0 fully saturated rings. The van der Waals surface area contributed by atoms with Crippen LogP contribution in [0.1, 0.15) is 21.5 Å². The number of anilines is 1. The van der Waals surface area contributed by atoms with Crippen LogP contribution in [0.25, 0.3) is 0 Å². The molecule has 2 aromatic rings. The van der Waals surface area contributed by atoms with Gasteiger partial charge in [-0.2, -0.15) is 0 Å². The standard InChI is InChI=1S/C18H19N3O5/c1-12-3-5-13(6-4-12)10-20(2)17(22)11-26-18(23)15-9-14(21(24)25)7-8-16(15)19/h3-9H,10-11,19H2,1-2H3. The first-order valence-corrected chi connectivity index (χ1v) is 7.78. The largest absolute Gasteiger partial charge is 0.452 e. The molecule has 0 aliphatic rings. The van der Waals surface area contributed by atoms with Gasteiger partial charge in [0.1, 0.15) is 0 Å². The third kappa shape index (κ3) is 4.79. The van der Waals surface area contributed by atoms with Crippen molar-refractivity contribution in [2.45, 2.75) is 13.5 Å². The normalized spacial score (nSPS) is 10.2. The highest BCUT2D eigenvalue weighted by Gasteiger charge is 2.18. The second-order valence-corrected chi connectivity index (χ2v) is 5.84. The van der Waals surface area contributed by atoms with Crippen LogP contribution in [0, 0.1) is 17.0 Å². The zero-order valence-electron chi connectivity index (χ0n) is 14.5. The Kier molecular flexibility index (Phi) is 5.90. The van der Waals surface area contributed by atoms with E-state index >= 15 is 0 Å². The average Bonchev–Trinajstić information content (AvgIpc) is 2.61. The van der Waals surface area contributed by atoms with Gasteiger partial charge < -0.3 is 15.4 Å². The van der Waals surface area contributed by atoms with Crippen LogP contribution in [0.4, 0.5) is 11.4 Å². The van der Waals surface area contributed by atoms with Gasteiger partial charge in [0.2, 0.25) is 0 Å². The van der Waals surface area contributed by atoms with Gasteiger partial charge in [-0.3, -0.25) is 14.9 Å². The molecular formula is C18H19N3O5. The number of nitro benzene ring substituents is 1. The minimum absolute atomic E-state index is 0.0426. The van der Waals surface area contributed by atoms with E-state index in [2.05, 4.69) is 0 Å². The maximum atomic E-state index is 12.1. The van der Waals surface area contributed by atoms with Crippen LogP contribution in [0.5, 0.6) is 0 Å². The Bertz CT molecular complexity index is 833. The third-order valence-electron chi connectivity index (χ3n) is 3.76. The van der Waals surface area contributed by atoms with Gasteiger partial charge in [0.25, 0.3) is 11.6 Å². The molecule has 8 nitrogen and oxygen atoms in total. The van der Waals surface area contributed by atoms with Gasteiger partial charge in [-0.25, -0.2) is 4.79 Å². The van der Waals surface area contributed by atoms with E-state index in [1.165, 1.54) is 17.0 Å². The number of amides is 1. The number of nitrogen functional groups attached to an aromatic ring is 1. The van der Waals surface area contributed by atoms with E-state index in [-0.39, 0.29) is 16.9 Å². The van der Waals surface area contributed by atoms with Crippen LogP contribution >= 0.6 is 0 Å². The number of hydrogen-bond acceptors (Lipinski definition) is 6. The summed E-state index contributed by atoms with van der Waals surface area (Å²) in [6.07, 6.45) is 0. The average molecular weight is 357 g/mol.